The molecule has 2 nitrogen and oxygen atoms in total. The van der Waals surface area contributed by atoms with Crippen LogP contribution in [0.25, 0.3) is 0 Å². The summed E-state index contributed by atoms with van der Waals surface area (Å²) in [6.45, 7) is 10.3. The Kier molecular flexibility index (Phi) is 5.49. The molecule has 0 N–H and O–H groups in total. The number of ether oxygens (including phenoxy) is 1. The smallest absolute Gasteiger partial charge is 0.161 e. The van der Waals surface area contributed by atoms with Crippen LogP contribution in [0.5, 0.6) is 5.75 Å². The molecule has 1 heterocycles. The molecule has 1 aliphatic rings. The predicted molar refractivity (Wildman–Crippen MR) is 89.5 cm³/mol. The summed E-state index contributed by atoms with van der Waals surface area (Å²) >= 11 is 0. The average molecular weight is 285 g/mol. The average Bonchev–Trinajstić information content (AvgIpc) is 2.68. The van der Waals surface area contributed by atoms with Gasteiger partial charge in [0.25, 0.3) is 0 Å². The van der Waals surface area contributed by atoms with E-state index in [1.54, 1.807) is 0 Å². The highest BCUT2D eigenvalue weighted by atomic mass is 16.5. The minimum atomic E-state index is 0.536. The zero-order valence-electron chi connectivity index (χ0n) is 13.7. The van der Waals surface area contributed by atoms with E-state index in [0.29, 0.717) is 12.6 Å². The molecule has 1 aromatic carbocycles. The lowest BCUT2D eigenvalue weighted by molar-refractivity contribution is 0.175. The largest absolute Gasteiger partial charge is 0.473 e. The van der Waals surface area contributed by atoms with Gasteiger partial charge < -0.3 is 9.64 Å². The SMILES string of the molecule is C/C=C\C(=C/C(C)C)N1CCc2ccc(CC)cc2OC1. The van der Waals surface area contributed by atoms with Gasteiger partial charge >= 0.3 is 0 Å². The fourth-order valence-electron chi connectivity index (χ4n) is 2.61. The standard InChI is InChI=1S/C19H27NO/c1-5-7-18(12-15(3)4)20-11-10-17-9-8-16(6-2)13-19(17)21-14-20/h5,7-9,12-13,15H,6,10-11,14H2,1-4H3/b7-5-,18-12+. The van der Waals surface area contributed by atoms with Crippen molar-refractivity contribution in [2.45, 2.75) is 40.5 Å². The Morgan fingerprint density at radius 3 is 2.86 bits per heavy atom. The van der Waals surface area contributed by atoms with Crippen molar-refractivity contribution in [2.75, 3.05) is 13.3 Å². The van der Waals surface area contributed by atoms with E-state index in [4.69, 9.17) is 4.74 Å². The van der Waals surface area contributed by atoms with Gasteiger partial charge in [0.2, 0.25) is 0 Å². The van der Waals surface area contributed by atoms with Crippen LogP contribution >= 0.6 is 0 Å². The Morgan fingerprint density at radius 1 is 1.38 bits per heavy atom. The Morgan fingerprint density at radius 2 is 2.19 bits per heavy atom. The maximum atomic E-state index is 6.06. The third-order valence-electron chi connectivity index (χ3n) is 3.77. The van der Waals surface area contributed by atoms with Crippen molar-refractivity contribution in [3.8, 4) is 5.75 Å². The van der Waals surface area contributed by atoms with Crippen LogP contribution in [0.3, 0.4) is 0 Å². The van der Waals surface area contributed by atoms with Gasteiger partial charge in [0.1, 0.15) is 5.75 Å². The van der Waals surface area contributed by atoms with E-state index in [9.17, 15) is 0 Å². The molecular weight excluding hydrogens is 258 g/mol. The first-order chi connectivity index (χ1) is 10.1. The minimum absolute atomic E-state index is 0.536. The van der Waals surface area contributed by atoms with Gasteiger partial charge in [0.15, 0.2) is 6.73 Å². The predicted octanol–water partition coefficient (Wildman–Crippen LogP) is 4.56. The van der Waals surface area contributed by atoms with Crippen LogP contribution in [-0.4, -0.2) is 18.2 Å². The van der Waals surface area contributed by atoms with Crippen molar-refractivity contribution in [1.82, 2.24) is 4.90 Å². The van der Waals surface area contributed by atoms with E-state index in [0.717, 1.165) is 25.1 Å². The molecule has 0 saturated carbocycles. The van der Waals surface area contributed by atoms with Crippen LogP contribution in [0.1, 0.15) is 38.8 Å². The minimum Gasteiger partial charge on any atom is -0.473 e. The molecule has 21 heavy (non-hydrogen) atoms. The molecule has 0 amide bonds. The number of aryl methyl sites for hydroxylation is 1. The van der Waals surface area contributed by atoms with Gasteiger partial charge in [-0.05, 0) is 49.0 Å². The molecule has 0 saturated heterocycles. The molecule has 0 aromatic heterocycles. The van der Waals surface area contributed by atoms with Gasteiger partial charge in [-0.25, -0.2) is 0 Å². The lowest BCUT2D eigenvalue weighted by Gasteiger charge is -2.24. The van der Waals surface area contributed by atoms with Crippen LogP contribution in [0.4, 0.5) is 0 Å². The second-order valence-corrected chi connectivity index (χ2v) is 5.92. The van der Waals surface area contributed by atoms with Crippen LogP contribution in [0, 0.1) is 5.92 Å². The van der Waals surface area contributed by atoms with Crippen molar-refractivity contribution in [3.63, 3.8) is 0 Å². The molecule has 1 aromatic rings. The quantitative estimate of drug-likeness (QED) is 0.752. The number of hydrogen-bond acceptors (Lipinski definition) is 2. The molecular formula is C19H27NO. The Labute approximate surface area is 129 Å². The first kappa shape index (κ1) is 15.7. The van der Waals surface area contributed by atoms with Gasteiger partial charge in [-0.15, -0.1) is 0 Å². The highest BCUT2D eigenvalue weighted by Crippen LogP contribution is 2.26. The maximum Gasteiger partial charge on any atom is 0.161 e. The van der Waals surface area contributed by atoms with E-state index >= 15 is 0 Å². The third-order valence-corrected chi connectivity index (χ3v) is 3.77. The molecule has 114 valence electrons. The van der Waals surface area contributed by atoms with Gasteiger partial charge in [0.05, 0.1) is 0 Å². The van der Waals surface area contributed by atoms with Gasteiger partial charge in [-0.2, -0.15) is 0 Å². The summed E-state index contributed by atoms with van der Waals surface area (Å²) in [5.74, 6) is 1.59. The summed E-state index contributed by atoms with van der Waals surface area (Å²) < 4.78 is 6.06. The van der Waals surface area contributed by atoms with Crippen molar-refractivity contribution >= 4 is 0 Å². The molecule has 0 spiro atoms. The Balaban J connectivity index is 2.18. The fraction of sp³-hybridized carbons (Fsp3) is 0.474. The normalized spacial score (nSPS) is 16.0. The van der Waals surface area contributed by atoms with E-state index < -0.39 is 0 Å². The van der Waals surface area contributed by atoms with E-state index in [1.165, 1.54) is 16.8 Å². The number of allylic oxidation sites excluding steroid dienone is 3. The van der Waals surface area contributed by atoms with Gasteiger partial charge in [-0.3, -0.25) is 0 Å². The monoisotopic (exact) mass is 285 g/mol. The second kappa shape index (κ2) is 7.35. The lowest BCUT2D eigenvalue weighted by Crippen LogP contribution is -2.27. The van der Waals surface area contributed by atoms with Crippen LogP contribution in [0.2, 0.25) is 0 Å². The van der Waals surface area contributed by atoms with Gasteiger partial charge in [-0.1, -0.05) is 45.1 Å². The second-order valence-electron chi connectivity index (χ2n) is 5.92. The number of nitrogens with zero attached hydrogens (tertiary/aromatic N) is 1. The lowest BCUT2D eigenvalue weighted by atomic mass is 10.1. The van der Waals surface area contributed by atoms with E-state index in [2.05, 4.69) is 69.0 Å². The van der Waals surface area contributed by atoms with E-state index in [-0.39, 0.29) is 0 Å². The summed E-state index contributed by atoms with van der Waals surface area (Å²) in [6.07, 6.45) is 8.67. The first-order valence-corrected chi connectivity index (χ1v) is 7.98. The molecule has 0 fully saturated rings. The van der Waals surface area contributed by atoms with Crippen molar-refractivity contribution in [2.24, 2.45) is 5.92 Å². The van der Waals surface area contributed by atoms with Crippen LogP contribution in [0.15, 0.2) is 42.1 Å². The molecule has 0 bridgehead atoms. The number of hydrogen-bond donors (Lipinski definition) is 0. The van der Waals surface area contributed by atoms with Crippen molar-refractivity contribution in [1.29, 1.82) is 0 Å². The maximum absolute atomic E-state index is 6.06. The number of fused-ring (bicyclic) bond motifs is 1. The topological polar surface area (TPSA) is 12.5 Å². The Hall–Kier alpha value is -1.70. The third kappa shape index (κ3) is 4.13. The summed E-state index contributed by atoms with van der Waals surface area (Å²) in [4.78, 5) is 2.33. The van der Waals surface area contributed by atoms with Gasteiger partial charge in [0, 0.05) is 12.2 Å². The molecule has 2 rings (SSSR count). The summed E-state index contributed by atoms with van der Waals surface area (Å²) in [5.41, 5.74) is 3.92. The van der Waals surface area contributed by atoms with Crippen LogP contribution < -0.4 is 4.74 Å². The summed E-state index contributed by atoms with van der Waals surface area (Å²) in [6, 6.07) is 6.63. The molecule has 2 heteroatoms. The summed E-state index contributed by atoms with van der Waals surface area (Å²) in [5, 5.41) is 0. The van der Waals surface area contributed by atoms with Crippen LogP contribution in [-0.2, 0) is 12.8 Å². The molecule has 0 aliphatic carbocycles. The molecule has 0 radical (unpaired) electrons. The molecule has 0 atom stereocenters. The zero-order chi connectivity index (χ0) is 15.2. The van der Waals surface area contributed by atoms with Crippen molar-refractivity contribution in [3.05, 3.63) is 53.3 Å². The summed E-state index contributed by atoms with van der Waals surface area (Å²) in [7, 11) is 0. The number of benzene rings is 1. The fourth-order valence-corrected chi connectivity index (χ4v) is 2.61. The molecule has 1 aliphatic heterocycles. The zero-order valence-corrected chi connectivity index (χ0v) is 13.7. The van der Waals surface area contributed by atoms with E-state index in [1.807, 2.05) is 0 Å². The Bertz CT molecular complexity index is 528. The molecule has 0 unspecified atom stereocenters. The van der Waals surface area contributed by atoms with Crippen molar-refractivity contribution < 1.29 is 4.74 Å². The highest BCUT2D eigenvalue weighted by Gasteiger charge is 2.16. The highest BCUT2D eigenvalue weighted by molar-refractivity contribution is 5.38. The first-order valence-electron chi connectivity index (χ1n) is 7.98. The number of rotatable bonds is 4.